The van der Waals surface area contributed by atoms with E-state index in [0.717, 1.165) is 23.0 Å². The second kappa shape index (κ2) is 10.8. The number of aryl methyl sites for hydroxylation is 1. The van der Waals surface area contributed by atoms with E-state index < -0.39 is 5.82 Å². The molecule has 0 bridgehead atoms. The average Bonchev–Trinajstić information content (AvgIpc) is 3.13. The fourth-order valence-corrected chi connectivity index (χ4v) is 3.75. The number of ether oxygens (including phenoxy) is 2. The van der Waals surface area contributed by atoms with Crippen molar-refractivity contribution < 1.29 is 13.9 Å². The minimum atomic E-state index is -0.395. The van der Waals surface area contributed by atoms with Gasteiger partial charge in [0.2, 0.25) is 5.16 Å². The van der Waals surface area contributed by atoms with Crippen molar-refractivity contribution >= 4 is 35.0 Å². The lowest BCUT2D eigenvalue weighted by atomic mass is 10.2. The van der Waals surface area contributed by atoms with Crippen LogP contribution in [0.5, 0.6) is 11.5 Å². The number of rotatable bonds is 10. The average molecular weight is 472 g/mol. The first-order valence-corrected chi connectivity index (χ1v) is 10.7. The fraction of sp³-hybridized carbons (Fsp3) is 0.316. The minimum Gasteiger partial charge on any atom is -0.493 e. The van der Waals surface area contributed by atoms with E-state index in [0.29, 0.717) is 33.7 Å². The van der Waals surface area contributed by atoms with Gasteiger partial charge in [-0.15, -0.1) is 5.10 Å². The molecule has 11 heteroatoms. The summed E-state index contributed by atoms with van der Waals surface area (Å²) in [5, 5.41) is 16.3. The number of thioether (sulfide) groups is 1. The molecule has 0 radical (unpaired) electrons. The highest BCUT2D eigenvalue weighted by Crippen LogP contribution is 2.34. The summed E-state index contributed by atoms with van der Waals surface area (Å²) >= 11 is 14.0. The van der Waals surface area contributed by atoms with E-state index in [1.165, 1.54) is 12.1 Å². The fourth-order valence-electron chi connectivity index (χ4n) is 2.56. The Balaban J connectivity index is 1.55. The van der Waals surface area contributed by atoms with Gasteiger partial charge in [-0.2, -0.15) is 0 Å². The maximum Gasteiger partial charge on any atom is 0.209 e. The Morgan fingerprint density at radius 2 is 1.93 bits per heavy atom. The third kappa shape index (κ3) is 5.98. The van der Waals surface area contributed by atoms with Gasteiger partial charge in [0.15, 0.2) is 11.5 Å². The van der Waals surface area contributed by atoms with Crippen LogP contribution in [-0.2, 0) is 20.2 Å². The topological polar surface area (TPSA) is 74.1 Å². The zero-order chi connectivity index (χ0) is 21.5. The molecule has 0 aliphatic rings. The number of aromatic nitrogens is 4. The van der Waals surface area contributed by atoms with E-state index in [2.05, 4.69) is 20.8 Å². The SMILES string of the molecule is COc1cc(CNCCSc2nnnn2C)c(Cl)cc1OCc1ccc(F)cc1Cl. The molecule has 0 saturated heterocycles. The van der Waals surface area contributed by atoms with E-state index in [4.69, 9.17) is 32.7 Å². The highest BCUT2D eigenvalue weighted by Gasteiger charge is 2.12. The molecule has 2 aromatic carbocycles. The van der Waals surface area contributed by atoms with Gasteiger partial charge in [-0.05, 0) is 34.2 Å². The summed E-state index contributed by atoms with van der Waals surface area (Å²) in [5.74, 6) is 1.45. The van der Waals surface area contributed by atoms with Gasteiger partial charge >= 0.3 is 0 Å². The summed E-state index contributed by atoms with van der Waals surface area (Å²) in [6, 6.07) is 7.70. The molecular formula is C19H20Cl2FN5O2S. The van der Waals surface area contributed by atoms with Crippen molar-refractivity contribution in [3.05, 3.63) is 57.3 Å². The number of nitrogens with one attached hydrogen (secondary N) is 1. The van der Waals surface area contributed by atoms with E-state index in [-0.39, 0.29) is 6.61 Å². The zero-order valence-electron chi connectivity index (χ0n) is 16.4. The van der Waals surface area contributed by atoms with Crippen LogP contribution in [0.2, 0.25) is 10.0 Å². The second-order valence-electron chi connectivity index (χ2n) is 6.23. The second-order valence-corrected chi connectivity index (χ2v) is 8.11. The molecule has 0 saturated carbocycles. The highest BCUT2D eigenvalue weighted by molar-refractivity contribution is 7.99. The Labute approximate surface area is 187 Å². The van der Waals surface area contributed by atoms with Gasteiger partial charge in [0.25, 0.3) is 0 Å². The number of hydrogen-bond acceptors (Lipinski definition) is 7. The van der Waals surface area contributed by atoms with Gasteiger partial charge in [0, 0.05) is 42.5 Å². The standard InChI is InChI=1S/C19H20Cl2FN5O2S/c1-27-19(24-25-26-27)30-6-5-23-10-13-7-17(28-2)18(9-16(13)21)29-11-12-3-4-14(22)8-15(12)20/h3-4,7-9,23H,5-6,10-11H2,1-2H3. The molecule has 0 atom stereocenters. The van der Waals surface area contributed by atoms with Crippen molar-refractivity contribution in [2.24, 2.45) is 7.05 Å². The molecule has 1 aromatic heterocycles. The normalized spacial score (nSPS) is 11.0. The first-order valence-electron chi connectivity index (χ1n) is 8.97. The van der Waals surface area contributed by atoms with Crippen molar-refractivity contribution in [2.45, 2.75) is 18.3 Å². The van der Waals surface area contributed by atoms with Crippen molar-refractivity contribution in [2.75, 3.05) is 19.4 Å². The minimum absolute atomic E-state index is 0.164. The van der Waals surface area contributed by atoms with Crippen LogP contribution < -0.4 is 14.8 Å². The third-order valence-electron chi connectivity index (χ3n) is 4.14. The molecule has 0 fully saturated rings. The van der Waals surface area contributed by atoms with Gasteiger partial charge in [-0.1, -0.05) is 41.0 Å². The lowest BCUT2D eigenvalue weighted by Gasteiger charge is -2.15. The molecule has 0 aliphatic heterocycles. The highest BCUT2D eigenvalue weighted by atomic mass is 35.5. The van der Waals surface area contributed by atoms with Crippen LogP contribution in [0.3, 0.4) is 0 Å². The third-order valence-corrected chi connectivity index (χ3v) is 5.85. The number of benzene rings is 2. The van der Waals surface area contributed by atoms with Crippen LogP contribution in [0.25, 0.3) is 0 Å². The Morgan fingerprint density at radius 3 is 2.63 bits per heavy atom. The van der Waals surface area contributed by atoms with Gasteiger partial charge in [0.1, 0.15) is 12.4 Å². The molecule has 0 amide bonds. The molecule has 0 aliphatic carbocycles. The summed E-state index contributed by atoms with van der Waals surface area (Å²) in [6.07, 6.45) is 0. The molecule has 1 N–H and O–H groups in total. The van der Waals surface area contributed by atoms with Gasteiger partial charge in [-0.25, -0.2) is 9.07 Å². The monoisotopic (exact) mass is 471 g/mol. The summed E-state index contributed by atoms with van der Waals surface area (Å²) in [7, 11) is 3.36. The maximum atomic E-state index is 13.2. The lowest BCUT2D eigenvalue weighted by Crippen LogP contribution is -2.17. The van der Waals surface area contributed by atoms with Crippen LogP contribution in [0.4, 0.5) is 4.39 Å². The summed E-state index contributed by atoms with van der Waals surface area (Å²) in [6.45, 7) is 1.48. The molecule has 7 nitrogen and oxygen atoms in total. The van der Waals surface area contributed by atoms with Gasteiger partial charge < -0.3 is 14.8 Å². The van der Waals surface area contributed by atoms with Crippen LogP contribution in [0.1, 0.15) is 11.1 Å². The number of hydrogen-bond donors (Lipinski definition) is 1. The largest absolute Gasteiger partial charge is 0.493 e. The first-order chi connectivity index (χ1) is 14.5. The lowest BCUT2D eigenvalue weighted by molar-refractivity contribution is 0.284. The zero-order valence-corrected chi connectivity index (χ0v) is 18.7. The number of tetrazole rings is 1. The molecule has 0 spiro atoms. The van der Waals surface area contributed by atoms with Crippen LogP contribution >= 0.6 is 35.0 Å². The molecule has 30 heavy (non-hydrogen) atoms. The van der Waals surface area contributed by atoms with E-state index in [1.54, 1.807) is 42.7 Å². The van der Waals surface area contributed by atoms with E-state index >= 15 is 0 Å². The molecule has 160 valence electrons. The Kier molecular flexibility index (Phi) is 8.15. The van der Waals surface area contributed by atoms with Crippen molar-refractivity contribution in [1.29, 1.82) is 0 Å². The van der Waals surface area contributed by atoms with Gasteiger partial charge in [0.05, 0.1) is 12.1 Å². The summed E-state index contributed by atoms with van der Waals surface area (Å²) in [5.41, 5.74) is 1.55. The van der Waals surface area contributed by atoms with Crippen LogP contribution in [0.15, 0.2) is 35.5 Å². The Hall–Kier alpha value is -2.07. The molecular weight excluding hydrogens is 452 g/mol. The van der Waals surface area contributed by atoms with Crippen molar-refractivity contribution in [3.8, 4) is 11.5 Å². The smallest absolute Gasteiger partial charge is 0.209 e. The van der Waals surface area contributed by atoms with Gasteiger partial charge in [-0.3, -0.25) is 0 Å². The van der Waals surface area contributed by atoms with Crippen LogP contribution in [0, 0.1) is 5.82 Å². The Bertz CT molecular complexity index is 1010. The van der Waals surface area contributed by atoms with E-state index in [9.17, 15) is 4.39 Å². The van der Waals surface area contributed by atoms with Crippen molar-refractivity contribution in [3.63, 3.8) is 0 Å². The predicted molar refractivity (Wildman–Crippen MR) is 115 cm³/mol. The number of nitrogens with zero attached hydrogens (tertiary/aromatic N) is 4. The number of halogens is 3. The van der Waals surface area contributed by atoms with Crippen LogP contribution in [-0.4, -0.2) is 39.6 Å². The maximum absolute atomic E-state index is 13.2. The molecule has 0 unspecified atom stereocenters. The molecule has 1 heterocycles. The first kappa shape index (κ1) is 22.6. The van der Waals surface area contributed by atoms with Crippen molar-refractivity contribution in [1.82, 2.24) is 25.5 Å². The molecule has 3 rings (SSSR count). The predicted octanol–water partition coefficient (Wildman–Crippen LogP) is 4.13. The summed E-state index contributed by atoms with van der Waals surface area (Å²) in [4.78, 5) is 0. The van der Waals surface area contributed by atoms with E-state index in [1.807, 2.05) is 6.07 Å². The molecule has 3 aromatic rings. The number of methoxy groups -OCH3 is 1. The summed E-state index contributed by atoms with van der Waals surface area (Å²) < 4.78 is 26.1. The quantitative estimate of drug-likeness (QED) is 0.352. The Morgan fingerprint density at radius 1 is 1.13 bits per heavy atom.